The minimum atomic E-state index is -0.351. The quantitative estimate of drug-likeness (QED) is 0.719. The van der Waals surface area contributed by atoms with Crippen molar-refractivity contribution in [2.75, 3.05) is 17.7 Å². The first-order valence-electron chi connectivity index (χ1n) is 3.78. The van der Waals surface area contributed by atoms with E-state index in [4.69, 9.17) is 0 Å². The third-order valence-corrected chi connectivity index (χ3v) is 1.98. The molecule has 0 atom stereocenters. The molecule has 1 rings (SSSR count). The number of carbonyl (C=O) groups is 1. The number of anilines is 1. The maximum absolute atomic E-state index is 12.7. The van der Waals surface area contributed by atoms with Gasteiger partial charge in [0.15, 0.2) is 0 Å². The third-order valence-electron chi connectivity index (χ3n) is 1.70. The van der Waals surface area contributed by atoms with Crippen LogP contribution in [0.3, 0.4) is 0 Å². The molecule has 0 fully saturated rings. The number of nitrogens with zero attached hydrogens (tertiary/aromatic N) is 1. The number of amides is 1. The molecule has 70 valence electrons. The first-order chi connectivity index (χ1) is 6.15. The first kappa shape index (κ1) is 10.1. The highest BCUT2D eigenvalue weighted by Crippen LogP contribution is 2.13. The van der Waals surface area contributed by atoms with Crippen LogP contribution < -0.4 is 4.90 Å². The number of carbonyl (C=O) groups excluding carboxylic acids is 1. The zero-order chi connectivity index (χ0) is 9.84. The van der Waals surface area contributed by atoms with Gasteiger partial charge in [-0.2, -0.15) is 12.6 Å². The van der Waals surface area contributed by atoms with Crippen LogP contribution in [0.4, 0.5) is 10.1 Å². The summed E-state index contributed by atoms with van der Waals surface area (Å²) in [5, 5.41) is 0. The molecule has 0 spiro atoms. The van der Waals surface area contributed by atoms with Gasteiger partial charge in [-0.1, -0.05) is 6.07 Å². The molecule has 0 aliphatic heterocycles. The van der Waals surface area contributed by atoms with Crippen LogP contribution in [0.15, 0.2) is 24.3 Å². The zero-order valence-electron chi connectivity index (χ0n) is 7.20. The summed E-state index contributed by atoms with van der Waals surface area (Å²) < 4.78 is 12.7. The lowest BCUT2D eigenvalue weighted by molar-refractivity contribution is -0.115. The number of halogens is 1. The number of hydrogen-bond acceptors (Lipinski definition) is 2. The molecule has 1 amide bonds. The van der Waals surface area contributed by atoms with Crippen LogP contribution >= 0.6 is 12.6 Å². The van der Waals surface area contributed by atoms with Gasteiger partial charge in [-0.3, -0.25) is 4.79 Å². The second-order valence-electron chi connectivity index (χ2n) is 2.59. The van der Waals surface area contributed by atoms with Crippen LogP contribution in [0.1, 0.15) is 0 Å². The first-order valence-corrected chi connectivity index (χ1v) is 4.41. The van der Waals surface area contributed by atoms with Gasteiger partial charge in [0.05, 0.1) is 5.75 Å². The predicted octanol–water partition coefficient (Wildman–Crippen LogP) is 1.72. The van der Waals surface area contributed by atoms with Gasteiger partial charge in [0.25, 0.3) is 0 Å². The van der Waals surface area contributed by atoms with E-state index >= 15 is 0 Å². The van der Waals surface area contributed by atoms with Crippen molar-refractivity contribution < 1.29 is 9.18 Å². The highest BCUT2D eigenvalue weighted by atomic mass is 32.1. The van der Waals surface area contributed by atoms with Crippen LogP contribution in [0.2, 0.25) is 0 Å². The van der Waals surface area contributed by atoms with Crippen LogP contribution in [-0.2, 0) is 4.79 Å². The van der Waals surface area contributed by atoms with Crippen molar-refractivity contribution in [1.29, 1.82) is 0 Å². The molecule has 0 aliphatic rings. The monoisotopic (exact) mass is 199 g/mol. The fraction of sp³-hybridized carbons (Fsp3) is 0.222. The molecule has 2 nitrogen and oxygen atoms in total. The molecule has 0 heterocycles. The Morgan fingerprint density at radius 2 is 2.31 bits per heavy atom. The Morgan fingerprint density at radius 1 is 1.62 bits per heavy atom. The minimum absolute atomic E-state index is 0.118. The van der Waals surface area contributed by atoms with E-state index in [0.29, 0.717) is 5.69 Å². The molecule has 0 radical (unpaired) electrons. The molecule has 0 saturated heterocycles. The Labute approximate surface area is 81.8 Å². The van der Waals surface area contributed by atoms with Crippen LogP contribution in [-0.4, -0.2) is 18.7 Å². The standard InChI is InChI=1S/C9H10FNOS/c1-11(9(12)6-13)8-4-2-3-7(10)5-8/h2-5,13H,6H2,1H3. The van der Waals surface area contributed by atoms with E-state index < -0.39 is 0 Å². The van der Waals surface area contributed by atoms with Gasteiger partial charge in [0, 0.05) is 12.7 Å². The Hall–Kier alpha value is -1.03. The molecule has 13 heavy (non-hydrogen) atoms. The van der Waals surface area contributed by atoms with E-state index in [2.05, 4.69) is 12.6 Å². The SMILES string of the molecule is CN(C(=O)CS)c1cccc(F)c1. The molecule has 4 heteroatoms. The molecule has 0 saturated carbocycles. The van der Waals surface area contributed by atoms with Crippen LogP contribution in [0, 0.1) is 5.82 Å². The maximum atomic E-state index is 12.7. The fourth-order valence-corrected chi connectivity index (χ4v) is 1.15. The highest BCUT2D eigenvalue weighted by molar-refractivity contribution is 7.81. The van der Waals surface area contributed by atoms with E-state index in [0.717, 1.165) is 0 Å². The summed E-state index contributed by atoms with van der Waals surface area (Å²) in [4.78, 5) is 12.5. The molecule has 0 aliphatic carbocycles. The van der Waals surface area contributed by atoms with E-state index in [1.54, 1.807) is 19.2 Å². The molecule has 0 bridgehead atoms. The lowest BCUT2D eigenvalue weighted by Gasteiger charge is -2.15. The summed E-state index contributed by atoms with van der Waals surface area (Å²) in [6.45, 7) is 0. The zero-order valence-corrected chi connectivity index (χ0v) is 8.09. The van der Waals surface area contributed by atoms with Crippen molar-refractivity contribution in [3.05, 3.63) is 30.1 Å². The van der Waals surface area contributed by atoms with Gasteiger partial charge in [-0.25, -0.2) is 4.39 Å². The molecule has 0 unspecified atom stereocenters. The van der Waals surface area contributed by atoms with Crippen molar-refractivity contribution in [2.45, 2.75) is 0 Å². The molecule has 0 aromatic heterocycles. The summed E-state index contributed by atoms with van der Waals surface area (Å²) in [6, 6.07) is 5.88. The van der Waals surface area contributed by atoms with Gasteiger partial charge in [-0.05, 0) is 18.2 Å². The van der Waals surface area contributed by atoms with Gasteiger partial charge in [0.1, 0.15) is 5.82 Å². The second-order valence-corrected chi connectivity index (χ2v) is 2.91. The fourth-order valence-electron chi connectivity index (χ4n) is 0.935. The van der Waals surface area contributed by atoms with Gasteiger partial charge < -0.3 is 4.90 Å². The van der Waals surface area contributed by atoms with Gasteiger partial charge in [0.2, 0.25) is 5.91 Å². The summed E-state index contributed by atoms with van der Waals surface area (Å²) in [7, 11) is 1.59. The normalized spacial score (nSPS) is 9.77. The van der Waals surface area contributed by atoms with Crippen molar-refractivity contribution in [3.8, 4) is 0 Å². The average Bonchev–Trinajstić information content (AvgIpc) is 2.15. The number of hydrogen-bond donors (Lipinski definition) is 1. The lowest BCUT2D eigenvalue weighted by atomic mass is 10.3. The predicted molar refractivity (Wildman–Crippen MR) is 53.7 cm³/mol. The summed E-state index contributed by atoms with van der Waals surface area (Å²) in [6.07, 6.45) is 0. The van der Waals surface area contributed by atoms with E-state index in [-0.39, 0.29) is 17.5 Å². The van der Waals surface area contributed by atoms with Crippen LogP contribution in [0.25, 0.3) is 0 Å². The summed E-state index contributed by atoms with van der Waals surface area (Å²) in [5.74, 6) is -0.391. The van der Waals surface area contributed by atoms with Crippen LogP contribution in [0.5, 0.6) is 0 Å². The van der Waals surface area contributed by atoms with Crippen molar-refractivity contribution >= 4 is 24.2 Å². The largest absolute Gasteiger partial charge is 0.315 e. The summed E-state index contributed by atoms with van der Waals surface area (Å²) in [5.41, 5.74) is 0.541. The topological polar surface area (TPSA) is 20.3 Å². The Kier molecular flexibility index (Phi) is 3.31. The number of thiol groups is 1. The van der Waals surface area contributed by atoms with Crippen molar-refractivity contribution in [2.24, 2.45) is 0 Å². The molecule has 0 N–H and O–H groups in total. The van der Waals surface area contributed by atoms with E-state index in [1.165, 1.54) is 17.0 Å². The average molecular weight is 199 g/mol. The molecule has 1 aromatic rings. The minimum Gasteiger partial charge on any atom is -0.315 e. The third kappa shape index (κ3) is 2.45. The van der Waals surface area contributed by atoms with Gasteiger partial charge in [-0.15, -0.1) is 0 Å². The van der Waals surface area contributed by atoms with E-state index in [9.17, 15) is 9.18 Å². The second kappa shape index (κ2) is 4.28. The van der Waals surface area contributed by atoms with Crippen molar-refractivity contribution in [3.63, 3.8) is 0 Å². The Morgan fingerprint density at radius 3 is 2.85 bits per heavy atom. The maximum Gasteiger partial charge on any atom is 0.236 e. The molecular weight excluding hydrogens is 189 g/mol. The number of benzene rings is 1. The lowest BCUT2D eigenvalue weighted by Crippen LogP contribution is -2.27. The number of rotatable bonds is 2. The van der Waals surface area contributed by atoms with Gasteiger partial charge >= 0.3 is 0 Å². The smallest absolute Gasteiger partial charge is 0.236 e. The Bertz CT molecular complexity index is 316. The Balaban J connectivity index is 2.88. The molecular formula is C9H10FNOS. The van der Waals surface area contributed by atoms with E-state index in [1.807, 2.05) is 0 Å². The van der Waals surface area contributed by atoms with Crippen molar-refractivity contribution in [1.82, 2.24) is 0 Å². The molecule has 1 aromatic carbocycles. The summed E-state index contributed by atoms with van der Waals surface area (Å²) >= 11 is 3.85. The highest BCUT2D eigenvalue weighted by Gasteiger charge is 2.08.